The van der Waals surface area contributed by atoms with Gasteiger partial charge in [-0.05, 0) is 47.6 Å². The van der Waals surface area contributed by atoms with Gasteiger partial charge in [0.1, 0.15) is 0 Å². The van der Waals surface area contributed by atoms with Gasteiger partial charge in [0.05, 0.1) is 24.1 Å². The molecule has 1 heterocycles. The number of anilines is 1. The molecular weight excluding hydrogens is 355 g/mol. The van der Waals surface area contributed by atoms with E-state index >= 15 is 0 Å². The molecule has 5 heteroatoms. The number of carbonyl (C=O) groups is 2. The zero-order chi connectivity index (χ0) is 13.8. The van der Waals surface area contributed by atoms with Crippen LogP contribution in [0.25, 0.3) is 0 Å². The lowest BCUT2D eigenvalue weighted by Gasteiger charge is -2.32. The van der Waals surface area contributed by atoms with Crippen LogP contribution in [0.4, 0.5) is 5.69 Å². The maximum Gasteiger partial charge on any atom is 0.237 e. The molecule has 0 bridgehead atoms. The summed E-state index contributed by atoms with van der Waals surface area (Å²) in [5.41, 5.74) is 0.850. The Morgan fingerprint density at radius 3 is 2.89 bits per heavy atom. The van der Waals surface area contributed by atoms with Crippen LogP contribution in [0, 0.1) is 20.8 Å². The van der Waals surface area contributed by atoms with Crippen molar-refractivity contribution in [2.24, 2.45) is 5.92 Å². The van der Waals surface area contributed by atoms with E-state index in [1.54, 1.807) is 4.90 Å². The lowest BCUT2D eigenvalue weighted by Crippen LogP contribution is -2.44. The Balaban J connectivity index is 2.24. The summed E-state index contributed by atoms with van der Waals surface area (Å²) in [5.74, 6) is -1.08. The molecule has 1 aromatic rings. The molecule has 1 saturated heterocycles. The third kappa shape index (κ3) is 2.95. The molecule has 2 rings (SSSR count). The molecule has 1 aliphatic heterocycles. The van der Waals surface area contributed by atoms with Crippen LogP contribution in [-0.4, -0.2) is 18.2 Å². The van der Waals surface area contributed by atoms with Gasteiger partial charge in [-0.3, -0.25) is 9.59 Å². The van der Waals surface area contributed by atoms with Crippen molar-refractivity contribution in [3.8, 4) is 6.07 Å². The van der Waals surface area contributed by atoms with Crippen LogP contribution >= 0.6 is 22.6 Å². The third-order valence-corrected chi connectivity index (χ3v) is 4.14. The molecule has 0 aliphatic carbocycles. The van der Waals surface area contributed by atoms with Crippen LogP contribution in [0.3, 0.4) is 0 Å². The minimum absolute atomic E-state index is 0.171. The number of nitrogens with zero attached hydrogens (tertiary/aromatic N) is 2. The SMILES string of the molecule is N#CCC(=O)[C@H]1CCCN(c2ccccc2I)C1=O. The molecule has 1 aliphatic rings. The molecule has 0 aromatic heterocycles. The number of Topliss-reactive ketones (excluding diaryl/α,β-unsaturated/α-hetero) is 1. The number of rotatable bonds is 3. The Hall–Kier alpha value is -1.42. The maximum absolute atomic E-state index is 12.4. The summed E-state index contributed by atoms with van der Waals surface area (Å²) in [5, 5.41) is 8.58. The van der Waals surface area contributed by atoms with Crippen molar-refractivity contribution in [1.29, 1.82) is 5.26 Å². The minimum atomic E-state index is -0.649. The van der Waals surface area contributed by atoms with E-state index in [-0.39, 0.29) is 18.1 Å². The lowest BCUT2D eigenvalue weighted by atomic mass is 9.91. The van der Waals surface area contributed by atoms with E-state index in [0.29, 0.717) is 13.0 Å². The van der Waals surface area contributed by atoms with E-state index in [0.717, 1.165) is 15.7 Å². The van der Waals surface area contributed by atoms with Crippen LogP contribution in [0.15, 0.2) is 24.3 Å². The lowest BCUT2D eigenvalue weighted by molar-refractivity contribution is -0.133. The van der Waals surface area contributed by atoms with Gasteiger partial charge in [0, 0.05) is 10.1 Å². The summed E-state index contributed by atoms with van der Waals surface area (Å²) in [6, 6.07) is 9.44. The standard InChI is InChI=1S/C14H13IN2O2/c15-11-5-1-2-6-12(11)17-9-3-4-10(14(17)19)13(18)7-8-16/h1-2,5-6,10H,3-4,7,9H2/t10-/m1/s1. The van der Waals surface area contributed by atoms with E-state index in [9.17, 15) is 9.59 Å². The minimum Gasteiger partial charge on any atom is -0.311 e. The van der Waals surface area contributed by atoms with E-state index in [4.69, 9.17) is 5.26 Å². The molecule has 19 heavy (non-hydrogen) atoms. The normalized spacial score (nSPS) is 19.1. The molecule has 0 unspecified atom stereocenters. The smallest absolute Gasteiger partial charge is 0.237 e. The van der Waals surface area contributed by atoms with Crippen molar-refractivity contribution in [2.75, 3.05) is 11.4 Å². The van der Waals surface area contributed by atoms with Crippen molar-refractivity contribution in [1.82, 2.24) is 0 Å². The maximum atomic E-state index is 12.4. The summed E-state index contributed by atoms with van der Waals surface area (Å²) in [6.07, 6.45) is 1.16. The molecule has 0 radical (unpaired) electrons. The summed E-state index contributed by atoms with van der Waals surface area (Å²) < 4.78 is 0.988. The highest BCUT2D eigenvalue weighted by Crippen LogP contribution is 2.29. The van der Waals surface area contributed by atoms with Gasteiger partial charge in [0.2, 0.25) is 5.91 Å². The van der Waals surface area contributed by atoms with Gasteiger partial charge < -0.3 is 4.90 Å². The molecule has 0 N–H and O–H groups in total. The molecular formula is C14H13IN2O2. The first-order valence-electron chi connectivity index (χ1n) is 6.10. The fourth-order valence-electron chi connectivity index (χ4n) is 2.28. The van der Waals surface area contributed by atoms with Gasteiger partial charge in [0.15, 0.2) is 5.78 Å². The number of hydrogen-bond donors (Lipinski definition) is 0. The van der Waals surface area contributed by atoms with E-state index in [2.05, 4.69) is 22.6 Å². The van der Waals surface area contributed by atoms with Crippen LogP contribution in [0.5, 0.6) is 0 Å². The topological polar surface area (TPSA) is 61.2 Å². The number of amides is 1. The molecule has 98 valence electrons. The first kappa shape index (κ1) is 14.0. The third-order valence-electron chi connectivity index (χ3n) is 3.22. The van der Waals surface area contributed by atoms with Gasteiger partial charge in [-0.1, -0.05) is 12.1 Å². The Morgan fingerprint density at radius 2 is 2.21 bits per heavy atom. The van der Waals surface area contributed by atoms with Crippen molar-refractivity contribution < 1.29 is 9.59 Å². The predicted molar refractivity (Wildman–Crippen MR) is 79.5 cm³/mol. The fourth-order valence-corrected chi connectivity index (χ4v) is 2.96. The van der Waals surface area contributed by atoms with Crippen molar-refractivity contribution in [3.05, 3.63) is 27.8 Å². The summed E-state index contributed by atoms with van der Waals surface area (Å²) >= 11 is 2.18. The van der Waals surface area contributed by atoms with Gasteiger partial charge in [-0.15, -0.1) is 0 Å². The zero-order valence-corrected chi connectivity index (χ0v) is 12.5. The zero-order valence-electron chi connectivity index (χ0n) is 10.3. The quantitative estimate of drug-likeness (QED) is 0.609. The average Bonchev–Trinajstić information content (AvgIpc) is 2.40. The van der Waals surface area contributed by atoms with Gasteiger partial charge in [0.25, 0.3) is 0 Å². The Labute approximate surface area is 125 Å². The number of nitriles is 1. The Bertz CT molecular complexity index is 551. The van der Waals surface area contributed by atoms with Gasteiger partial charge in [-0.2, -0.15) is 5.26 Å². The second-order valence-corrected chi connectivity index (χ2v) is 5.60. The van der Waals surface area contributed by atoms with Crippen LogP contribution in [-0.2, 0) is 9.59 Å². The number of hydrogen-bond acceptors (Lipinski definition) is 3. The summed E-state index contributed by atoms with van der Waals surface area (Å²) in [6.45, 7) is 0.634. The highest BCUT2D eigenvalue weighted by atomic mass is 127. The molecule has 0 saturated carbocycles. The summed E-state index contributed by atoms with van der Waals surface area (Å²) in [7, 11) is 0. The van der Waals surface area contributed by atoms with Crippen molar-refractivity contribution in [2.45, 2.75) is 19.3 Å². The first-order chi connectivity index (χ1) is 9.15. The van der Waals surface area contributed by atoms with Crippen molar-refractivity contribution in [3.63, 3.8) is 0 Å². The number of carbonyl (C=O) groups excluding carboxylic acids is 2. The number of halogens is 1. The van der Waals surface area contributed by atoms with E-state index in [1.165, 1.54) is 0 Å². The van der Waals surface area contributed by atoms with E-state index in [1.807, 2.05) is 30.3 Å². The van der Waals surface area contributed by atoms with Crippen LogP contribution in [0.1, 0.15) is 19.3 Å². The Kier molecular flexibility index (Phi) is 4.53. The highest BCUT2D eigenvalue weighted by Gasteiger charge is 2.34. The Morgan fingerprint density at radius 1 is 1.47 bits per heavy atom. The second kappa shape index (κ2) is 6.15. The monoisotopic (exact) mass is 368 g/mol. The van der Waals surface area contributed by atoms with Crippen LogP contribution in [0.2, 0.25) is 0 Å². The van der Waals surface area contributed by atoms with Gasteiger partial charge in [-0.25, -0.2) is 0 Å². The molecule has 1 fully saturated rings. The largest absolute Gasteiger partial charge is 0.311 e. The molecule has 0 spiro atoms. The fraction of sp³-hybridized carbons (Fsp3) is 0.357. The predicted octanol–water partition coefficient (Wildman–Crippen LogP) is 2.52. The molecule has 1 atom stereocenters. The molecule has 1 aromatic carbocycles. The second-order valence-electron chi connectivity index (χ2n) is 4.44. The number of ketones is 1. The first-order valence-corrected chi connectivity index (χ1v) is 7.18. The number of para-hydroxylation sites is 1. The van der Waals surface area contributed by atoms with Crippen LogP contribution < -0.4 is 4.90 Å². The van der Waals surface area contributed by atoms with Crippen molar-refractivity contribution >= 4 is 40.0 Å². The molecule has 1 amide bonds. The summed E-state index contributed by atoms with van der Waals surface area (Å²) in [4.78, 5) is 25.9. The number of piperidine rings is 1. The van der Waals surface area contributed by atoms with E-state index < -0.39 is 5.92 Å². The highest BCUT2D eigenvalue weighted by molar-refractivity contribution is 14.1. The van der Waals surface area contributed by atoms with Gasteiger partial charge >= 0.3 is 0 Å². The molecule has 4 nitrogen and oxygen atoms in total. The average molecular weight is 368 g/mol. The number of benzene rings is 1.